The van der Waals surface area contributed by atoms with Crippen LogP contribution in [0, 0.1) is 0 Å². The Morgan fingerprint density at radius 3 is 0.986 bits per heavy atom. The molecule has 0 heterocycles. The van der Waals surface area contributed by atoms with Crippen LogP contribution in [0.4, 0.5) is 0 Å². The summed E-state index contributed by atoms with van der Waals surface area (Å²) < 4.78 is 5.50. The largest absolute Gasteiger partial charge is 0.466 e. The molecule has 426 valence electrons. The van der Waals surface area contributed by atoms with Crippen molar-refractivity contribution in [3.8, 4) is 0 Å². The van der Waals surface area contributed by atoms with Crippen LogP contribution < -0.4 is 5.32 Å². The predicted octanol–water partition coefficient (Wildman–Crippen LogP) is 20.6. The third-order valence-corrected chi connectivity index (χ3v) is 15.2. The molecule has 0 radical (unpaired) electrons. The van der Waals surface area contributed by atoms with Crippen LogP contribution >= 0.6 is 0 Å². The summed E-state index contributed by atoms with van der Waals surface area (Å²) in [7, 11) is 0. The van der Waals surface area contributed by atoms with Gasteiger partial charge in [0.1, 0.15) is 0 Å². The Bertz CT molecular complexity index is 1120. The zero-order chi connectivity index (χ0) is 52.2. The highest BCUT2D eigenvalue weighted by Gasteiger charge is 2.18. The number of unbranched alkanes of at least 4 members (excludes halogenated alkanes) is 48. The van der Waals surface area contributed by atoms with Gasteiger partial charge in [-0.3, -0.25) is 9.59 Å². The number of hydrogen-bond acceptors (Lipinski definition) is 5. The minimum Gasteiger partial charge on any atom is -0.466 e. The van der Waals surface area contributed by atoms with Gasteiger partial charge in [0.05, 0.1) is 25.4 Å². The van der Waals surface area contributed by atoms with Gasteiger partial charge in [-0.2, -0.15) is 0 Å². The number of aliphatic hydroxyl groups is 2. The minimum absolute atomic E-state index is 0.0128. The van der Waals surface area contributed by atoms with Gasteiger partial charge in [-0.15, -0.1) is 0 Å². The summed E-state index contributed by atoms with van der Waals surface area (Å²) in [6, 6.07) is -0.627. The van der Waals surface area contributed by atoms with E-state index in [1.807, 2.05) is 6.08 Å². The lowest BCUT2D eigenvalue weighted by Crippen LogP contribution is -2.45. The lowest BCUT2D eigenvalue weighted by Gasteiger charge is -2.20. The van der Waals surface area contributed by atoms with Gasteiger partial charge in [0.25, 0.3) is 0 Å². The maximum Gasteiger partial charge on any atom is 0.305 e. The van der Waals surface area contributed by atoms with Crippen LogP contribution in [0.1, 0.15) is 361 Å². The minimum atomic E-state index is -0.844. The van der Waals surface area contributed by atoms with E-state index in [2.05, 4.69) is 31.3 Å². The fraction of sp³-hybridized carbons (Fsp3) is 0.909. The lowest BCUT2D eigenvalue weighted by molar-refractivity contribution is -0.143. The van der Waals surface area contributed by atoms with Crippen molar-refractivity contribution in [2.75, 3.05) is 13.2 Å². The number of hydrogen-bond donors (Lipinski definition) is 3. The van der Waals surface area contributed by atoms with Crippen LogP contribution in [0.5, 0.6) is 0 Å². The Kier molecular flexibility index (Phi) is 60.5. The fourth-order valence-corrected chi connectivity index (χ4v) is 10.2. The molecule has 2 atom stereocenters. The zero-order valence-electron chi connectivity index (χ0n) is 48.7. The molecule has 0 saturated heterocycles. The third-order valence-electron chi connectivity index (χ3n) is 15.2. The molecule has 0 rings (SSSR count). The van der Waals surface area contributed by atoms with E-state index in [0.717, 1.165) is 44.9 Å². The molecule has 0 saturated carbocycles. The summed E-state index contributed by atoms with van der Waals surface area (Å²) in [5, 5.41) is 23.1. The number of carbonyl (C=O) groups excluding carboxylic acids is 2. The number of esters is 1. The molecule has 2 unspecified atom stereocenters. The molecular weight excluding hydrogens is 887 g/mol. The Balaban J connectivity index is 3.37. The lowest BCUT2D eigenvalue weighted by atomic mass is 10.0. The number of carbonyl (C=O) groups is 2. The standard InChI is InChI=1S/C66H127NO5/c1-3-5-7-9-11-13-15-17-19-20-25-29-32-36-40-44-48-52-56-60-66(71)72-61-57-53-49-45-41-37-33-30-27-24-22-21-23-26-28-31-35-39-43-47-51-55-59-65(70)67-63(62-68)64(69)58-54-50-46-42-38-34-18-16-14-12-10-8-6-4-2/h17,19,54,58,63-64,68-69H,3-16,18,20-53,55-57,59-62H2,1-2H3,(H,67,70)/b19-17-,58-54+. The average Bonchev–Trinajstić information content (AvgIpc) is 3.38. The summed E-state index contributed by atoms with van der Waals surface area (Å²) in [6.45, 7) is 4.92. The molecule has 0 aromatic carbocycles. The third kappa shape index (κ3) is 57.6. The van der Waals surface area contributed by atoms with Crippen molar-refractivity contribution in [2.45, 2.75) is 373 Å². The van der Waals surface area contributed by atoms with Gasteiger partial charge in [-0.25, -0.2) is 0 Å². The van der Waals surface area contributed by atoms with Crippen molar-refractivity contribution in [3.05, 3.63) is 24.3 Å². The van der Waals surface area contributed by atoms with Crippen LogP contribution in [0.25, 0.3) is 0 Å². The van der Waals surface area contributed by atoms with E-state index in [-0.39, 0.29) is 18.5 Å². The van der Waals surface area contributed by atoms with E-state index in [1.54, 1.807) is 6.08 Å². The van der Waals surface area contributed by atoms with Crippen LogP contribution in [-0.4, -0.2) is 47.4 Å². The smallest absolute Gasteiger partial charge is 0.305 e. The van der Waals surface area contributed by atoms with Crippen molar-refractivity contribution in [2.24, 2.45) is 0 Å². The highest BCUT2D eigenvalue weighted by Crippen LogP contribution is 2.18. The number of ether oxygens (including phenoxy) is 1. The van der Waals surface area contributed by atoms with Crippen molar-refractivity contribution < 1.29 is 24.5 Å². The molecule has 0 spiro atoms. The monoisotopic (exact) mass is 1010 g/mol. The van der Waals surface area contributed by atoms with Crippen molar-refractivity contribution >= 4 is 11.9 Å². The summed E-state index contributed by atoms with van der Waals surface area (Å²) >= 11 is 0. The first-order chi connectivity index (χ1) is 35.5. The number of aliphatic hydroxyl groups excluding tert-OH is 2. The second-order valence-corrected chi connectivity index (χ2v) is 22.5. The first-order valence-electron chi connectivity index (χ1n) is 32.6. The quantitative estimate of drug-likeness (QED) is 0.0320. The SMILES string of the molecule is CCCCCCCC/C=C\CCCCCCCCCCCC(=O)OCCCCCCCCCCCCCCCCCCCCCCCCC(=O)NC(CO)C(O)/C=C/CCCCCCCCCCCCCC. The van der Waals surface area contributed by atoms with E-state index in [0.29, 0.717) is 19.4 Å². The molecule has 0 aromatic rings. The molecule has 0 aliphatic heterocycles. The van der Waals surface area contributed by atoms with Gasteiger partial charge < -0.3 is 20.3 Å². The van der Waals surface area contributed by atoms with Gasteiger partial charge in [0.2, 0.25) is 5.91 Å². The maximum absolute atomic E-state index is 12.5. The second kappa shape index (κ2) is 61.9. The van der Waals surface area contributed by atoms with Gasteiger partial charge in [0, 0.05) is 12.8 Å². The Morgan fingerprint density at radius 2 is 0.653 bits per heavy atom. The van der Waals surface area contributed by atoms with Crippen LogP contribution in [0.15, 0.2) is 24.3 Å². The molecule has 0 aromatic heterocycles. The summed E-state index contributed by atoms with van der Waals surface area (Å²) in [5.41, 5.74) is 0. The molecule has 6 heteroatoms. The van der Waals surface area contributed by atoms with Gasteiger partial charge >= 0.3 is 5.97 Å². The highest BCUT2D eigenvalue weighted by atomic mass is 16.5. The Hall–Kier alpha value is -1.66. The van der Waals surface area contributed by atoms with Crippen molar-refractivity contribution in [1.29, 1.82) is 0 Å². The highest BCUT2D eigenvalue weighted by molar-refractivity contribution is 5.76. The van der Waals surface area contributed by atoms with E-state index in [1.165, 1.54) is 289 Å². The normalized spacial score (nSPS) is 12.7. The number of nitrogens with one attached hydrogen (secondary N) is 1. The average molecular weight is 1010 g/mol. The number of amides is 1. The molecule has 0 bridgehead atoms. The first kappa shape index (κ1) is 70.3. The van der Waals surface area contributed by atoms with Crippen molar-refractivity contribution in [1.82, 2.24) is 5.32 Å². The topological polar surface area (TPSA) is 95.9 Å². The van der Waals surface area contributed by atoms with Gasteiger partial charge in [0.15, 0.2) is 0 Å². The van der Waals surface area contributed by atoms with Crippen molar-refractivity contribution in [3.63, 3.8) is 0 Å². The molecule has 0 aliphatic rings. The second-order valence-electron chi connectivity index (χ2n) is 22.5. The Morgan fingerprint density at radius 1 is 0.375 bits per heavy atom. The number of rotatable bonds is 61. The summed E-state index contributed by atoms with van der Waals surface area (Å²) in [5.74, 6) is -0.0538. The van der Waals surface area contributed by atoms with Crippen LogP contribution in [0.2, 0.25) is 0 Å². The first-order valence-corrected chi connectivity index (χ1v) is 32.6. The molecule has 0 fully saturated rings. The van der Waals surface area contributed by atoms with E-state index < -0.39 is 12.1 Å². The molecular formula is C66H127NO5. The summed E-state index contributed by atoms with van der Waals surface area (Å²) in [4.78, 5) is 24.6. The van der Waals surface area contributed by atoms with Gasteiger partial charge in [-0.05, 0) is 57.8 Å². The van der Waals surface area contributed by atoms with Gasteiger partial charge in [-0.1, -0.05) is 314 Å². The predicted molar refractivity (Wildman–Crippen MR) is 315 cm³/mol. The zero-order valence-corrected chi connectivity index (χ0v) is 48.7. The Labute approximate surface area is 450 Å². The molecule has 0 aliphatic carbocycles. The summed E-state index contributed by atoms with van der Waals surface area (Å²) in [6.07, 6.45) is 76.6. The van der Waals surface area contributed by atoms with Crippen LogP contribution in [0.3, 0.4) is 0 Å². The molecule has 6 nitrogen and oxygen atoms in total. The number of allylic oxidation sites excluding steroid dienone is 3. The molecule has 3 N–H and O–H groups in total. The molecule has 72 heavy (non-hydrogen) atoms. The molecule has 1 amide bonds. The maximum atomic E-state index is 12.5. The fourth-order valence-electron chi connectivity index (χ4n) is 10.2. The van der Waals surface area contributed by atoms with E-state index in [9.17, 15) is 19.8 Å². The van der Waals surface area contributed by atoms with E-state index >= 15 is 0 Å². The van der Waals surface area contributed by atoms with Crippen LogP contribution in [-0.2, 0) is 14.3 Å². The van der Waals surface area contributed by atoms with E-state index in [4.69, 9.17) is 4.74 Å².